The van der Waals surface area contributed by atoms with Gasteiger partial charge in [-0.05, 0) is 13.8 Å². The lowest BCUT2D eigenvalue weighted by atomic mass is 10.3. The van der Waals surface area contributed by atoms with Gasteiger partial charge in [-0.2, -0.15) is 0 Å². The number of aromatic nitrogens is 4. The number of nitrogens with zero attached hydrogens (tertiary/aromatic N) is 4. The van der Waals surface area contributed by atoms with Crippen LogP contribution in [0.3, 0.4) is 0 Å². The summed E-state index contributed by atoms with van der Waals surface area (Å²) in [7, 11) is 2.00. The minimum Gasteiger partial charge on any atom is -0.368 e. The maximum Gasteiger partial charge on any atom is 0.147 e. The zero-order valence-corrected chi connectivity index (χ0v) is 10.4. The van der Waals surface area contributed by atoms with Crippen LogP contribution in [-0.2, 0) is 13.5 Å². The molecule has 0 aliphatic heterocycles. The number of rotatable bonds is 4. The van der Waals surface area contributed by atoms with Crippen molar-refractivity contribution in [1.82, 2.24) is 19.5 Å². The molecule has 0 radical (unpaired) electrons. The highest BCUT2D eigenvalue weighted by Crippen LogP contribution is 2.08. The van der Waals surface area contributed by atoms with E-state index in [0.29, 0.717) is 0 Å². The Hall–Kier alpha value is -1.91. The molecular weight excluding hydrogens is 214 g/mol. The summed E-state index contributed by atoms with van der Waals surface area (Å²) < 4.78 is 2.02. The van der Waals surface area contributed by atoms with Crippen LogP contribution in [0.25, 0.3) is 0 Å². The number of nitrogens with one attached hydrogen (secondary N) is 1. The monoisotopic (exact) mass is 231 g/mol. The van der Waals surface area contributed by atoms with E-state index in [2.05, 4.69) is 20.3 Å². The first kappa shape index (κ1) is 11.6. The molecule has 1 N–H and O–H groups in total. The molecule has 0 aliphatic rings. The Morgan fingerprint density at radius 2 is 2.12 bits per heavy atom. The lowest BCUT2D eigenvalue weighted by molar-refractivity contribution is 0.787. The van der Waals surface area contributed by atoms with Crippen LogP contribution in [0, 0.1) is 13.8 Å². The summed E-state index contributed by atoms with van der Waals surface area (Å²) in [5, 5.41) is 3.29. The molecule has 0 aliphatic carbocycles. The molecule has 0 saturated carbocycles. The van der Waals surface area contributed by atoms with Crippen molar-refractivity contribution < 1.29 is 0 Å². The van der Waals surface area contributed by atoms with E-state index >= 15 is 0 Å². The highest BCUT2D eigenvalue weighted by Gasteiger charge is 2.02. The van der Waals surface area contributed by atoms with Crippen LogP contribution in [0.2, 0.25) is 0 Å². The molecule has 2 rings (SSSR count). The van der Waals surface area contributed by atoms with Crippen LogP contribution in [0.4, 0.5) is 5.82 Å². The lowest BCUT2D eigenvalue weighted by Gasteiger charge is -2.08. The first-order valence-corrected chi connectivity index (χ1v) is 5.67. The second-order valence-electron chi connectivity index (χ2n) is 4.08. The van der Waals surface area contributed by atoms with Gasteiger partial charge in [0.25, 0.3) is 0 Å². The zero-order chi connectivity index (χ0) is 12.3. The second kappa shape index (κ2) is 4.95. The average molecular weight is 231 g/mol. The van der Waals surface area contributed by atoms with Crippen molar-refractivity contribution in [3.63, 3.8) is 0 Å². The molecular formula is C12H17N5. The van der Waals surface area contributed by atoms with E-state index in [-0.39, 0.29) is 0 Å². The molecule has 5 nitrogen and oxygen atoms in total. The fourth-order valence-corrected chi connectivity index (χ4v) is 1.64. The predicted molar refractivity (Wildman–Crippen MR) is 66.9 cm³/mol. The van der Waals surface area contributed by atoms with Gasteiger partial charge in [-0.25, -0.2) is 9.97 Å². The largest absolute Gasteiger partial charge is 0.368 e. The van der Waals surface area contributed by atoms with Crippen molar-refractivity contribution in [3.8, 4) is 0 Å². The van der Waals surface area contributed by atoms with E-state index in [1.807, 2.05) is 37.9 Å². The summed E-state index contributed by atoms with van der Waals surface area (Å²) in [5.41, 5.74) is 1.85. The third kappa shape index (κ3) is 2.81. The molecule has 0 aromatic carbocycles. The van der Waals surface area contributed by atoms with E-state index in [0.717, 1.165) is 36.0 Å². The molecule has 0 fully saturated rings. The molecule has 2 heterocycles. The zero-order valence-electron chi connectivity index (χ0n) is 10.4. The first-order valence-electron chi connectivity index (χ1n) is 5.67. The van der Waals surface area contributed by atoms with Gasteiger partial charge in [-0.1, -0.05) is 0 Å². The highest BCUT2D eigenvalue weighted by atomic mass is 15.1. The van der Waals surface area contributed by atoms with E-state index in [9.17, 15) is 0 Å². The van der Waals surface area contributed by atoms with Crippen molar-refractivity contribution in [3.05, 3.63) is 35.8 Å². The van der Waals surface area contributed by atoms with Crippen LogP contribution in [0.5, 0.6) is 0 Å². The summed E-state index contributed by atoms with van der Waals surface area (Å²) in [4.78, 5) is 13.0. The van der Waals surface area contributed by atoms with Crippen molar-refractivity contribution >= 4 is 5.82 Å². The topological polar surface area (TPSA) is 55.6 Å². The standard InChI is InChI=1S/C12H17N5/c1-9-8-15-10(2)12(16-9)14-5-4-11-13-6-7-17(11)3/h6-8H,4-5H2,1-3H3,(H,14,16). The molecule has 0 spiro atoms. The van der Waals surface area contributed by atoms with Gasteiger partial charge in [0.15, 0.2) is 0 Å². The Bertz CT molecular complexity index is 503. The van der Waals surface area contributed by atoms with Gasteiger partial charge in [0.2, 0.25) is 0 Å². The molecule has 0 saturated heterocycles. The molecule has 17 heavy (non-hydrogen) atoms. The maximum atomic E-state index is 4.41. The van der Waals surface area contributed by atoms with Crippen LogP contribution in [0.15, 0.2) is 18.6 Å². The number of aryl methyl sites for hydroxylation is 3. The lowest BCUT2D eigenvalue weighted by Crippen LogP contribution is -2.11. The fraction of sp³-hybridized carbons (Fsp3) is 0.417. The van der Waals surface area contributed by atoms with Gasteiger partial charge in [0, 0.05) is 38.6 Å². The third-order valence-corrected chi connectivity index (χ3v) is 2.64. The number of hydrogen-bond acceptors (Lipinski definition) is 4. The van der Waals surface area contributed by atoms with Crippen LogP contribution >= 0.6 is 0 Å². The third-order valence-electron chi connectivity index (χ3n) is 2.64. The molecule has 0 atom stereocenters. The molecule has 5 heteroatoms. The normalized spacial score (nSPS) is 10.5. The Labute approximate surface area is 101 Å². The number of hydrogen-bond donors (Lipinski definition) is 1. The van der Waals surface area contributed by atoms with Crippen molar-refractivity contribution in [1.29, 1.82) is 0 Å². The summed E-state index contributed by atoms with van der Waals surface area (Å²) in [6.45, 7) is 4.70. The van der Waals surface area contributed by atoms with Gasteiger partial charge in [0.05, 0.1) is 11.4 Å². The Morgan fingerprint density at radius 3 is 2.82 bits per heavy atom. The molecule has 0 bridgehead atoms. The molecule has 0 unspecified atom stereocenters. The van der Waals surface area contributed by atoms with Crippen LogP contribution in [0.1, 0.15) is 17.2 Å². The minimum atomic E-state index is 0.809. The summed E-state index contributed by atoms with van der Waals surface area (Å²) in [5.74, 6) is 1.93. The quantitative estimate of drug-likeness (QED) is 0.866. The Morgan fingerprint density at radius 1 is 1.29 bits per heavy atom. The van der Waals surface area contributed by atoms with E-state index in [1.165, 1.54) is 0 Å². The van der Waals surface area contributed by atoms with Crippen molar-refractivity contribution in [2.45, 2.75) is 20.3 Å². The van der Waals surface area contributed by atoms with Gasteiger partial charge in [0.1, 0.15) is 11.6 Å². The molecule has 90 valence electrons. The maximum absolute atomic E-state index is 4.41. The summed E-state index contributed by atoms with van der Waals surface area (Å²) in [6.07, 6.45) is 6.41. The van der Waals surface area contributed by atoms with Crippen molar-refractivity contribution in [2.75, 3.05) is 11.9 Å². The molecule has 2 aromatic rings. The van der Waals surface area contributed by atoms with Gasteiger partial charge in [-0.3, -0.25) is 4.98 Å². The minimum absolute atomic E-state index is 0.809. The molecule has 0 amide bonds. The number of anilines is 1. The summed E-state index contributed by atoms with van der Waals surface area (Å²) >= 11 is 0. The smallest absolute Gasteiger partial charge is 0.147 e. The van der Waals surface area contributed by atoms with Gasteiger partial charge in [-0.15, -0.1) is 0 Å². The Kier molecular flexibility index (Phi) is 3.37. The van der Waals surface area contributed by atoms with Gasteiger partial charge < -0.3 is 9.88 Å². The fourth-order valence-electron chi connectivity index (χ4n) is 1.64. The summed E-state index contributed by atoms with van der Waals surface area (Å²) in [6, 6.07) is 0. The highest BCUT2D eigenvalue weighted by molar-refractivity contribution is 5.39. The van der Waals surface area contributed by atoms with E-state index in [4.69, 9.17) is 0 Å². The predicted octanol–water partition coefficient (Wildman–Crippen LogP) is 1.48. The van der Waals surface area contributed by atoms with Crippen LogP contribution in [-0.4, -0.2) is 26.1 Å². The number of imidazole rings is 1. The van der Waals surface area contributed by atoms with E-state index in [1.54, 1.807) is 6.20 Å². The SMILES string of the molecule is Cc1cnc(C)c(NCCc2nccn2C)n1. The van der Waals surface area contributed by atoms with Gasteiger partial charge >= 0.3 is 0 Å². The van der Waals surface area contributed by atoms with Crippen LogP contribution < -0.4 is 5.32 Å². The molecule has 2 aromatic heterocycles. The van der Waals surface area contributed by atoms with Crippen molar-refractivity contribution in [2.24, 2.45) is 7.05 Å². The Balaban J connectivity index is 1.94. The van der Waals surface area contributed by atoms with E-state index < -0.39 is 0 Å². The average Bonchev–Trinajstić information content (AvgIpc) is 2.70. The first-order chi connectivity index (χ1) is 8.16. The second-order valence-corrected chi connectivity index (χ2v) is 4.08.